The van der Waals surface area contributed by atoms with Gasteiger partial charge in [-0.3, -0.25) is 0 Å². The van der Waals surface area contributed by atoms with E-state index in [1.54, 1.807) is 0 Å². The number of ether oxygens (including phenoxy) is 1. The van der Waals surface area contributed by atoms with Crippen molar-refractivity contribution in [2.45, 2.75) is 39.7 Å². The van der Waals surface area contributed by atoms with Crippen LogP contribution < -0.4 is 5.32 Å². The summed E-state index contributed by atoms with van der Waals surface area (Å²) in [7, 11) is 0. The lowest BCUT2D eigenvalue weighted by Crippen LogP contribution is -2.49. The van der Waals surface area contributed by atoms with Crippen LogP contribution in [0.2, 0.25) is 0 Å². The van der Waals surface area contributed by atoms with Gasteiger partial charge in [-0.2, -0.15) is 0 Å². The normalized spacial score (nSPS) is 15.9. The molecule has 1 unspecified atom stereocenters. The topological polar surface area (TPSA) is 41.5 Å². The van der Waals surface area contributed by atoms with Crippen molar-refractivity contribution in [3.63, 3.8) is 0 Å². The molecule has 14 heavy (non-hydrogen) atoms. The molecule has 0 aromatic heterocycles. The Bertz CT molecular complexity index is 139. The maximum Gasteiger partial charge on any atom is 0.0668 e. The van der Waals surface area contributed by atoms with Crippen LogP contribution in [0.5, 0.6) is 0 Å². The van der Waals surface area contributed by atoms with Gasteiger partial charge in [0.15, 0.2) is 0 Å². The van der Waals surface area contributed by atoms with E-state index >= 15 is 0 Å². The summed E-state index contributed by atoms with van der Waals surface area (Å²) in [5.74, 6) is 0.675. The molecule has 0 aromatic rings. The lowest BCUT2D eigenvalue weighted by Gasteiger charge is -2.28. The molecular formula is C11H25NO2. The molecular weight excluding hydrogens is 178 g/mol. The summed E-state index contributed by atoms with van der Waals surface area (Å²) in [5, 5.41) is 12.4. The van der Waals surface area contributed by atoms with Gasteiger partial charge in [0.1, 0.15) is 0 Å². The number of nitrogens with one attached hydrogen (secondary N) is 1. The highest BCUT2D eigenvalue weighted by molar-refractivity contribution is 4.81. The molecule has 0 heterocycles. The molecule has 0 saturated heterocycles. The van der Waals surface area contributed by atoms with Crippen molar-refractivity contribution in [3.05, 3.63) is 0 Å². The van der Waals surface area contributed by atoms with Crippen molar-refractivity contribution in [3.8, 4) is 0 Å². The Morgan fingerprint density at radius 2 is 2.07 bits per heavy atom. The number of hydrogen-bond acceptors (Lipinski definition) is 3. The zero-order chi connectivity index (χ0) is 11.0. The summed E-state index contributed by atoms with van der Waals surface area (Å²) in [5.41, 5.74) is -0.286. The summed E-state index contributed by atoms with van der Waals surface area (Å²) in [6.07, 6.45) is 1.08. The van der Waals surface area contributed by atoms with Crippen LogP contribution in [0.3, 0.4) is 0 Å². The molecule has 0 aliphatic carbocycles. The van der Waals surface area contributed by atoms with Gasteiger partial charge in [0.25, 0.3) is 0 Å². The Morgan fingerprint density at radius 1 is 1.43 bits per heavy atom. The van der Waals surface area contributed by atoms with E-state index in [4.69, 9.17) is 4.74 Å². The zero-order valence-corrected chi connectivity index (χ0v) is 9.97. The highest BCUT2D eigenvalue weighted by Crippen LogP contribution is 2.05. The second-order valence-electron chi connectivity index (χ2n) is 4.48. The Hall–Kier alpha value is -0.120. The molecule has 0 aliphatic heterocycles. The molecule has 0 aromatic carbocycles. The Labute approximate surface area is 87.8 Å². The standard InChI is InChI=1S/C11H25NO2/c1-5-12-11(4,8-13)9-14-7-6-10(2)3/h10,12-13H,5-9H2,1-4H3. The fourth-order valence-electron chi connectivity index (χ4n) is 1.20. The number of hydrogen-bond donors (Lipinski definition) is 2. The second kappa shape index (κ2) is 7.21. The van der Waals surface area contributed by atoms with Crippen molar-refractivity contribution in [2.24, 2.45) is 5.92 Å². The van der Waals surface area contributed by atoms with E-state index < -0.39 is 0 Å². The van der Waals surface area contributed by atoms with Crippen LogP contribution in [0.4, 0.5) is 0 Å². The highest BCUT2D eigenvalue weighted by atomic mass is 16.5. The van der Waals surface area contributed by atoms with Gasteiger partial charge in [-0.25, -0.2) is 0 Å². The zero-order valence-electron chi connectivity index (χ0n) is 9.97. The third kappa shape index (κ3) is 6.35. The Morgan fingerprint density at radius 3 is 2.50 bits per heavy atom. The van der Waals surface area contributed by atoms with E-state index in [-0.39, 0.29) is 12.1 Å². The maximum atomic E-state index is 9.18. The average molecular weight is 203 g/mol. The minimum Gasteiger partial charge on any atom is -0.394 e. The van der Waals surface area contributed by atoms with Crippen LogP contribution in [0.25, 0.3) is 0 Å². The fraction of sp³-hybridized carbons (Fsp3) is 1.00. The SMILES string of the molecule is CCNC(C)(CO)COCCC(C)C. The van der Waals surface area contributed by atoms with Crippen molar-refractivity contribution >= 4 is 0 Å². The van der Waals surface area contributed by atoms with E-state index in [0.29, 0.717) is 12.5 Å². The van der Waals surface area contributed by atoms with Crippen molar-refractivity contribution in [1.82, 2.24) is 5.32 Å². The molecule has 86 valence electrons. The van der Waals surface area contributed by atoms with Crippen LogP contribution in [0.1, 0.15) is 34.1 Å². The largest absolute Gasteiger partial charge is 0.394 e. The minimum atomic E-state index is -0.286. The molecule has 3 heteroatoms. The summed E-state index contributed by atoms with van der Waals surface area (Å²) < 4.78 is 5.53. The number of likely N-dealkylation sites (N-methyl/N-ethyl adjacent to an activating group) is 1. The van der Waals surface area contributed by atoms with Crippen LogP contribution >= 0.6 is 0 Å². The first-order chi connectivity index (χ1) is 6.54. The van der Waals surface area contributed by atoms with Crippen LogP contribution in [0.15, 0.2) is 0 Å². The van der Waals surface area contributed by atoms with Gasteiger partial charge in [-0.1, -0.05) is 20.8 Å². The second-order valence-corrected chi connectivity index (χ2v) is 4.48. The number of rotatable bonds is 8. The monoisotopic (exact) mass is 203 g/mol. The molecule has 0 bridgehead atoms. The predicted octanol–water partition coefficient (Wildman–Crippen LogP) is 1.41. The summed E-state index contributed by atoms with van der Waals surface area (Å²) in [4.78, 5) is 0. The predicted molar refractivity (Wildman–Crippen MR) is 59.4 cm³/mol. The quantitative estimate of drug-likeness (QED) is 0.586. The lowest BCUT2D eigenvalue weighted by molar-refractivity contribution is 0.0409. The van der Waals surface area contributed by atoms with E-state index in [2.05, 4.69) is 19.2 Å². The van der Waals surface area contributed by atoms with Crippen molar-refractivity contribution in [2.75, 3.05) is 26.4 Å². The molecule has 3 nitrogen and oxygen atoms in total. The molecule has 0 fully saturated rings. The van der Waals surface area contributed by atoms with E-state index in [0.717, 1.165) is 19.6 Å². The third-order valence-corrected chi connectivity index (χ3v) is 2.21. The van der Waals surface area contributed by atoms with E-state index in [1.807, 2.05) is 13.8 Å². The van der Waals surface area contributed by atoms with Crippen molar-refractivity contribution in [1.29, 1.82) is 0 Å². The average Bonchev–Trinajstić information content (AvgIpc) is 2.13. The van der Waals surface area contributed by atoms with Crippen LogP contribution in [-0.2, 0) is 4.74 Å². The first kappa shape index (κ1) is 13.9. The van der Waals surface area contributed by atoms with Gasteiger partial charge in [0, 0.05) is 6.61 Å². The van der Waals surface area contributed by atoms with E-state index in [9.17, 15) is 5.11 Å². The molecule has 0 spiro atoms. The van der Waals surface area contributed by atoms with Gasteiger partial charge in [0.05, 0.1) is 18.8 Å². The molecule has 0 radical (unpaired) electrons. The van der Waals surface area contributed by atoms with Gasteiger partial charge in [0.2, 0.25) is 0 Å². The van der Waals surface area contributed by atoms with Gasteiger partial charge in [-0.05, 0) is 25.8 Å². The lowest BCUT2D eigenvalue weighted by atomic mass is 10.1. The molecule has 0 aliphatic rings. The molecule has 0 amide bonds. The number of aliphatic hydroxyl groups is 1. The smallest absolute Gasteiger partial charge is 0.0668 e. The van der Waals surface area contributed by atoms with Gasteiger partial charge >= 0.3 is 0 Å². The molecule has 0 rings (SSSR count). The Balaban J connectivity index is 3.61. The van der Waals surface area contributed by atoms with Crippen molar-refractivity contribution < 1.29 is 9.84 Å². The number of aliphatic hydroxyl groups excluding tert-OH is 1. The van der Waals surface area contributed by atoms with Crippen LogP contribution in [0, 0.1) is 5.92 Å². The third-order valence-electron chi connectivity index (χ3n) is 2.21. The first-order valence-electron chi connectivity index (χ1n) is 5.47. The highest BCUT2D eigenvalue weighted by Gasteiger charge is 2.21. The maximum absolute atomic E-state index is 9.18. The summed E-state index contributed by atoms with van der Waals surface area (Å²) in [6, 6.07) is 0. The summed E-state index contributed by atoms with van der Waals surface area (Å²) in [6.45, 7) is 10.7. The first-order valence-corrected chi connectivity index (χ1v) is 5.47. The van der Waals surface area contributed by atoms with Gasteiger partial charge < -0.3 is 15.2 Å². The summed E-state index contributed by atoms with van der Waals surface area (Å²) >= 11 is 0. The molecule has 0 saturated carbocycles. The fourth-order valence-corrected chi connectivity index (χ4v) is 1.20. The molecule has 2 N–H and O–H groups in total. The minimum absolute atomic E-state index is 0.114. The molecule has 1 atom stereocenters. The van der Waals surface area contributed by atoms with E-state index in [1.165, 1.54) is 0 Å². The van der Waals surface area contributed by atoms with Gasteiger partial charge in [-0.15, -0.1) is 0 Å². The Kier molecular flexibility index (Phi) is 7.15. The van der Waals surface area contributed by atoms with Crippen LogP contribution in [-0.4, -0.2) is 37.0 Å².